The van der Waals surface area contributed by atoms with Crippen molar-refractivity contribution in [2.45, 2.75) is 258 Å². The van der Waals surface area contributed by atoms with Crippen LogP contribution in [0.2, 0.25) is 0 Å². The molecule has 0 radical (unpaired) electrons. The van der Waals surface area contributed by atoms with Crippen molar-refractivity contribution in [2.75, 3.05) is 13.1 Å². The molecule has 0 aromatic carbocycles. The van der Waals surface area contributed by atoms with E-state index in [0.717, 1.165) is 38.8 Å². The first-order valence-corrected chi connectivity index (χ1v) is 21.6. The number of unbranched alkanes of at least 4 members (excludes halogenated alkanes) is 32. The minimum absolute atomic E-state index is 0. The van der Waals surface area contributed by atoms with E-state index >= 15 is 0 Å². The van der Waals surface area contributed by atoms with E-state index in [4.69, 9.17) is 0 Å². The van der Waals surface area contributed by atoms with Gasteiger partial charge in [-0.1, -0.05) is 233 Å². The predicted octanol–water partition coefficient (Wildman–Crippen LogP) is 10.5. The van der Waals surface area contributed by atoms with Gasteiger partial charge in [0.1, 0.15) is 0 Å². The van der Waals surface area contributed by atoms with Gasteiger partial charge >= 0.3 is 51.4 Å². The number of hydrogen-bond acceptors (Lipinski definition) is 3. The molecule has 0 amide bonds. The van der Waals surface area contributed by atoms with Gasteiger partial charge in [-0.25, -0.2) is 0 Å². The van der Waals surface area contributed by atoms with Crippen molar-refractivity contribution in [1.82, 2.24) is 4.90 Å². The summed E-state index contributed by atoms with van der Waals surface area (Å²) in [6.45, 7) is 8.54. The van der Waals surface area contributed by atoms with Crippen LogP contribution in [0.1, 0.15) is 252 Å². The molecule has 0 saturated heterocycles. The average Bonchev–Trinajstić information content (AvgIpc) is 3.05. The molecule has 0 saturated carbocycles. The Morgan fingerprint density at radius 2 is 0.596 bits per heavy atom. The van der Waals surface area contributed by atoms with Crippen molar-refractivity contribution in [1.29, 1.82) is 0 Å². The molecule has 0 aliphatic carbocycles. The zero-order valence-corrected chi connectivity index (χ0v) is 36.3. The molecule has 1 unspecified atom stereocenters. The van der Waals surface area contributed by atoms with E-state index in [1.165, 1.54) is 205 Å². The van der Waals surface area contributed by atoms with Crippen LogP contribution in [0.15, 0.2) is 0 Å². The maximum Gasteiger partial charge on any atom is 1.00 e. The molecule has 0 aliphatic rings. The van der Waals surface area contributed by atoms with Crippen molar-refractivity contribution < 1.29 is 61.3 Å². The Kier molecular flexibility index (Phi) is 46.2. The molecule has 276 valence electrons. The molecular weight excluding hydrogens is 602 g/mol. The standard InChI is InChI=1S/C43H87NO2.K/c1-4-7-9-11-13-15-17-19-21-23-25-27-29-31-33-35-37-40-44(42(39-6-3)43(45)46)41-38-36-34-32-30-28-26-24-22-20-18-16-14-12-10-8-5-2;/h42H,4-41H2,1-3H3,(H,45,46);/q;+1/p-1. The molecular formula is C43H86KNO2. The average molecular weight is 688 g/mol. The van der Waals surface area contributed by atoms with Gasteiger partial charge in [0.15, 0.2) is 0 Å². The maximum absolute atomic E-state index is 11.9. The molecule has 0 fully saturated rings. The largest absolute Gasteiger partial charge is 1.00 e. The summed E-state index contributed by atoms with van der Waals surface area (Å²) in [5, 5.41) is 11.9. The number of aliphatic carboxylic acids is 1. The summed E-state index contributed by atoms with van der Waals surface area (Å²) in [6, 6.07) is -0.396. The molecule has 47 heavy (non-hydrogen) atoms. The van der Waals surface area contributed by atoms with Gasteiger partial charge in [0, 0.05) is 6.04 Å². The first-order chi connectivity index (χ1) is 22.7. The summed E-state index contributed by atoms with van der Waals surface area (Å²) in [5.41, 5.74) is 0. The minimum Gasteiger partial charge on any atom is -0.548 e. The minimum atomic E-state index is -0.860. The van der Waals surface area contributed by atoms with Gasteiger partial charge in [0.25, 0.3) is 0 Å². The van der Waals surface area contributed by atoms with E-state index in [-0.39, 0.29) is 51.4 Å². The first kappa shape index (κ1) is 50.2. The summed E-state index contributed by atoms with van der Waals surface area (Å²) in [4.78, 5) is 14.2. The van der Waals surface area contributed by atoms with Crippen LogP contribution in [0.3, 0.4) is 0 Å². The van der Waals surface area contributed by atoms with Crippen LogP contribution < -0.4 is 56.5 Å². The monoisotopic (exact) mass is 688 g/mol. The van der Waals surface area contributed by atoms with Crippen molar-refractivity contribution in [2.24, 2.45) is 0 Å². The zero-order valence-electron chi connectivity index (χ0n) is 33.2. The maximum atomic E-state index is 11.9. The predicted molar refractivity (Wildman–Crippen MR) is 204 cm³/mol. The van der Waals surface area contributed by atoms with Crippen LogP contribution in [-0.2, 0) is 4.79 Å². The third-order valence-electron chi connectivity index (χ3n) is 10.4. The molecule has 0 bridgehead atoms. The first-order valence-electron chi connectivity index (χ1n) is 21.6. The zero-order chi connectivity index (χ0) is 33.6. The smallest absolute Gasteiger partial charge is 0.548 e. The van der Waals surface area contributed by atoms with Crippen molar-refractivity contribution >= 4 is 5.97 Å². The molecule has 0 spiro atoms. The van der Waals surface area contributed by atoms with Crippen LogP contribution in [0.4, 0.5) is 0 Å². The van der Waals surface area contributed by atoms with E-state index in [0.29, 0.717) is 0 Å². The molecule has 0 heterocycles. The molecule has 4 heteroatoms. The summed E-state index contributed by atoms with van der Waals surface area (Å²) in [7, 11) is 0. The number of carboxylic acids is 1. The molecule has 3 nitrogen and oxygen atoms in total. The van der Waals surface area contributed by atoms with Crippen LogP contribution in [-0.4, -0.2) is 30.0 Å². The number of carboxylic acid groups (broad SMARTS) is 1. The molecule has 0 rings (SSSR count). The van der Waals surface area contributed by atoms with Gasteiger partial charge in [0.05, 0.1) is 5.97 Å². The Morgan fingerprint density at radius 1 is 0.383 bits per heavy atom. The van der Waals surface area contributed by atoms with E-state index in [9.17, 15) is 9.90 Å². The fourth-order valence-electron chi connectivity index (χ4n) is 7.23. The van der Waals surface area contributed by atoms with E-state index in [2.05, 4.69) is 25.7 Å². The summed E-state index contributed by atoms with van der Waals surface area (Å²) in [5.74, 6) is -0.860. The molecule has 0 N–H and O–H groups in total. The Morgan fingerprint density at radius 3 is 0.787 bits per heavy atom. The topological polar surface area (TPSA) is 43.4 Å². The third kappa shape index (κ3) is 38.1. The third-order valence-corrected chi connectivity index (χ3v) is 10.4. The Hall–Kier alpha value is 1.07. The SMILES string of the molecule is CCCCCCCCCCCCCCCCCCCN(CCCCCCCCCCCCCCCCCCC)C(CCC)C(=O)[O-].[K+]. The fraction of sp³-hybridized carbons (Fsp3) is 0.977. The van der Waals surface area contributed by atoms with Crippen LogP contribution in [0, 0.1) is 0 Å². The van der Waals surface area contributed by atoms with Crippen molar-refractivity contribution in [3.05, 3.63) is 0 Å². The Labute approximate surface area is 340 Å². The number of carbonyl (C=O) groups excluding carboxylic acids is 1. The molecule has 1 atom stereocenters. The van der Waals surface area contributed by atoms with Gasteiger partial charge < -0.3 is 9.90 Å². The number of carbonyl (C=O) groups is 1. The molecule has 0 aromatic rings. The summed E-state index contributed by atoms with van der Waals surface area (Å²) >= 11 is 0. The number of hydrogen-bond donors (Lipinski definition) is 0. The van der Waals surface area contributed by atoms with Crippen LogP contribution in [0.5, 0.6) is 0 Å². The summed E-state index contributed by atoms with van der Waals surface area (Å²) in [6.07, 6.45) is 48.6. The van der Waals surface area contributed by atoms with Crippen LogP contribution in [0.25, 0.3) is 0 Å². The van der Waals surface area contributed by atoms with E-state index in [1.807, 2.05) is 0 Å². The fourth-order valence-corrected chi connectivity index (χ4v) is 7.23. The number of nitrogens with zero attached hydrogens (tertiary/aromatic N) is 1. The second kappa shape index (κ2) is 43.2. The van der Waals surface area contributed by atoms with E-state index < -0.39 is 12.0 Å². The van der Waals surface area contributed by atoms with Gasteiger partial charge in [-0.3, -0.25) is 4.90 Å². The quantitative estimate of drug-likeness (QED) is 0.0476. The summed E-state index contributed by atoms with van der Waals surface area (Å²) < 4.78 is 0. The normalized spacial score (nSPS) is 12.1. The number of rotatable bonds is 40. The van der Waals surface area contributed by atoms with Crippen molar-refractivity contribution in [3.8, 4) is 0 Å². The van der Waals surface area contributed by atoms with Crippen molar-refractivity contribution in [3.63, 3.8) is 0 Å². The van der Waals surface area contributed by atoms with Gasteiger partial charge in [-0.2, -0.15) is 0 Å². The Balaban J connectivity index is 0. The van der Waals surface area contributed by atoms with Gasteiger partial charge in [0.2, 0.25) is 0 Å². The van der Waals surface area contributed by atoms with E-state index in [1.54, 1.807) is 0 Å². The molecule has 0 aliphatic heterocycles. The van der Waals surface area contributed by atoms with Gasteiger partial charge in [-0.05, 0) is 32.4 Å². The second-order valence-electron chi connectivity index (χ2n) is 15.0. The Bertz CT molecular complexity index is 548. The molecule has 0 aromatic heterocycles. The second-order valence-corrected chi connectivity index (χ2v) is 15.0. The van der Waals surface area contributed by atoms with Gasteiger partial charge in [-0.15, -0.1) is 0 Å². The van der Waals surface area contributed by atoms with Crippen LogP contribution >= 0.6 is 0 Å².